The molecule has 1 saturated heterocycles. The topological polar surface area (TPSA) is 93.5 Å². The summed E-state index contributed by atoms with van der Waals surface area (Å²) in [5.41, 5.74) is 4.62. The Bertz CT molecular complexity index is 1500. The number of carbonyl (C=O) groups is 1. The van der Waals surface area contributed by atoms with Crippen molar-refractivity contribution in [2.24, 2.45) is 5.92 Å². The fraction of sp³-hybridized carbons (Fsp3) is 0.407. The van der Waals surface area contributed by atoms with E-state index >= 15 is 0 Å². The fourth-order valence-electron chi connectivity index (χ4n) is 5.11. The van der Waals surface area contributed by atoms with E-state index in [0.717, 1.165) is 49.0 Å². The summed E-state index contributed by atoms with van der Waals surface area (Å²) in [5.74, 6) is 0.826. The Hall–Kier alpha value is -3.11. The Morgan fingerprint density at radius 2 is 2.08 bits per heavy atom. The predicted octanol–water partition coefficient (Wildman–Crippen LogP) is 4.79. The quantitative estimate of drug-likeness (QED) is 0.445. The van der Waals surface area contributed by atoms with Crippen LogP contribution in [0, 0.1) is 5.92 Å². The van der Waals surface area contributed by atoms with Gasteiger partial charge in [-0.2, -0.15) is 0 Å². The first-order valence-electron chi connectivity index (χ1n) is 12.7. The van der Waals surface area contributed by atoms with Crippen LogP contribution >= 0.6 is 11.3 Å². The minimum absolute atomic E-state index is 0.114. The molecule has 2 fully saturated rings. The van der Waals surface area contributed by atoms with Gasteiger partial charge in [0.2, 0.25) is 0 Å². The summed E-state index contributed by atoms with van der Waals surface area (Å²) in [4.78, 5) is 18.6. The van der Waals surface area contributed by atoms with E-state index in [1.54, 1.807) is 17.3 Å². The largest absolute Gasteiger partial charge is 0.490 e. The van der Waals surface area contributed by atoms with Gasteiger partial charge in [-0.3, -0.25) is 0 Å². The SMILES string of the molecule is CC1(S(=O)(=O)n2c(CNC(=O)N3CCC3)cc3ccccc32)CC=CC(C2CC2)=C1OCc1cscn1. The van der Waals surface area contributed by atoms with Gasteiger partial charge in [0.1, 0.15) is 17.1 Å². The molecule has 1 atom stereocenters. The van der Waals surface area contributed by atoms with Gasteiger partial charge in [-0.1, -0.05) is 30.4 Å². The highest BCUT2D eigenvalue weighted by Crippen LogP contribution is 2.47. The van der Waals surface area contributed by atoms with Gasteiger partial charge in [-0.25, -0.2) is 22.2 Å². The van der Waals surface area contributed by atoms with Crippen LogP contribution < -0.4 is 5.32 Å². The van der Waals surface area contributed by atoms with Crippen LogP contribution in [0.15, 0.2) is 64.7 Å². The molecule has 1 aliphatic heterocycles. The van der Waals surface area contributed by atoms with Crippen molar-refractivity contribution < 1.29 is 17.9 Å². The van der Waals surface area contributed by atoms with E-state index in [1.165, 1.54) is 15.3 Å². The second kappa shape index (κ2) is 9.33. The first-order chi connectivity index (χ1) is 17.9. The van der Waals surface area contributed by atoms with Gasteiger partial charge in [0.15, 0.2) is 0 Å². The van der Waals surface area contributed by atoms with Crippen molar-refractivity contribution in [2.75, 3.05) is 13.1 Å². The summed E-state index contributed by atoms with van der Waals surface area (Å²) in [7, 11) is -4.01. The molecule has 0 spiro atoms. The standard InChI is InChI=1S/C27H30N4O4S2/c1-27(11-4-7-23(19-9-10-19)25(27)35-16-21-17-36-18-29-21)37(33,34)31-22(14-20-6-2-3-8-24(20)31)15-28-26(32)30-12-5-13-30/h2-4,6-8,14,17-19H,5,9-13,15-16H2,1H3,(H,28,32). The molecule has 194 valence electrons. The van der Waals surface area contributed by atoms with Crippen LogP contribution in [-0.4, -0.2) is 46.1 Å². The van der Waals surface area contributed by atoms with Crippen LogP contribution in [0.4, 0.5) is 4.79 Å². The maximum atomic E-state index is 14.7. The molecule has 1 unspecified atom stereocenters. The highest BCUT2D eigenvalue weighted by atomic mass is 32.2. The Morgan fingerprint density at radius 1 is 1.27 bits per heavy atom. The molecule has 1 aromatic carbocycles. The van der Waals surface area contributed by atoms with Crippen LogP contribution in [0.2, 0.25) is 0 Å². The maximum Gasteiger partial charge on any atom is 0.317 e. The van der Waals surface area contributed by atoms with Crippen LogP contribution in [0.5, 0.6) is 0 Å². The lowest BCUT2D eigenvalue weighted by Crippen LogP contribution is -2.48. The second-order valence-electron chi connectivity index (χ2n) is 10.1. The minimum atomic E-state index is -4.01. The second-order valence-corrected chi connectivity index (χ2v) is 13.1. The lowest BCUT2D eigenvalue weighted by atomic mass is 9.92. The number of likely N-dealkylation sites (tertiary alicyclic amines) is 1. The van der Waals surface area contributed by atoms with Gasteiger partial charge in [-0.15, -0.1) is 11.3 Å². The summed E-state index contributed by atoms with van der Waals surface area (Å²) >= 11 is 1.49. The number of amides is 2. The maximum absolute atomic E-state index is 14.7. The number of para-hydroxylation sites is 1. The number of urea groups is 1. The number of carbonyl (C=O) groups excluding carboxylic acids is 1. The number of nitrogens with zero attached hydrogens (tertiary/aromatic N) is 3. The van der Waals surface area contributed by atoms with E-state index in [4.69, 9.17) is 4.74 Å². The number of fused-ring (bicyclic) bond motifs is 1. The Morgan fingerprint density at radius 3 is 2.78 bits per heavy atom. The van der Waals surface area contributed by atoms with Crippen molar-refractivity contribution in [2.45, 2.75) is 50.5 Å². The zero-order valence-electron chi connectivity index (χ0n) is 20.7. The lowest BCUT2D eigenvalue weighted by molar-refractivity contribution is 0.165. The molecular formula is C27H30N4O4S2. The van der Waals surface area contributed by atoms with E-state index in [9.17, 15) is 13.2 Å². The summed E-state index contributed by atoms with van der Waals surface area (Å²) in [6.07, 6.45) is 7.34. The summed E-state index contributed by atoms with van der Waals surface area (Å²) in [6, 6.07) is 9.13. The predicted molar refractivity (Wildman–Crippen MR) is 143 cm³/mol. The number of hydrogen-bond donors (Lipinski definition) is 1. The van der Waals surface area contributed by atoms with Crippen LogP contribution in [0.25, 0.3) is 10.9 Å². The molecule has 2 aromatic heterocycles. The third-order valence-corrected chi connectivity index (χ3v) is 10.6. The van der Waals surface area contributed by atoms with Gasteiger partial charge >= 0.3 is 6.03 Å². The first kappa shape index (κ1) is 24.2. The van der Waals surface area contributed by atoms with Gasteiger partial charge in [0, 0.05) is 23.9 Å². The average Bonchev–Trinajstić information content (AvgIpc) is 3.41. The number of aromatic nitrogens is 2. The highest BCUT2D eigenvalue weighted by Gasteiger charge is 2.50. The monoisotopic (exact) mass is 538 g/mol. The van der Waals surface area contributed by atoms with Gasteiger partial charge in [-0.05, 0) is 56.2 Å². The van der Waals surface area contributed by atoms with Crippen LogP contribution in [-0.2, 0) is 27.9 Å². The van der Waals surface area contributed by atoms with Crippen molar-refractivity contribution >= 4 is 38.3 Å². The number of hydrogen-bond acceptors (Lipinski definition) is 6. The van der Waals surface area contributed by atoms with E-state index in [1.807, 2.05) is 47.9 Å². The molecule has 3 heterocycles. The normalized spacial score (nSPS) is 21.8. The zero-order chi connectivity index (χ0) is 25.6. The Balaban J connectivity index is 1.41. The van der Waals surface area contributed by atoms with Crippen molar-refractivity contribution in [3.05, 3.63) is 76.1 Å². The third-order valence-electron chi connectivity index (χ3n) is 7.52. The number of rotatable bonds is 8. The van der Waals surface area contributed by atoms with Crippen molar-refractivity contribution in [3.63, 3.8) is 0 Å². The number of benzene rings is 1. The lowest BCUT2D eigenvalue weighted by Gasteiger charge is -2.35. The summed E-state index contributed by atoms with van der Waals surface area (Å²) < 4.78 is 35.8. The molecule has 2 amide bonds. The molecule has 10 heteroatoms. The minimum Gasteiger partial charge on any atom is -0.490 e. The molecule has 1 saturated carbocycles. The number of allylic oxidation sites excluding steroid dienone is 3. The van der Waals surface area contributed by atoms with Gasteiger partial charge in [0.05, 0.1) is 29.0 Å². The van der Waals surface area contributed by atoms with Crippen molar-refractivity contribution in [1.82, 2.24) is 19.2 Å². The fourth-order valence-corrected chi connectivity index (χ4v) is 7.62. The number of ether oxygens (including phenoxy) is 1. The third kappa shape index (κ3) is 4.25. The molecule has 1 N–H and O–H groups in total. The Labute approximate surface area is 220 Å². The summed E-state index contributed by atoms with van der Waals surface area (Å²) in [6.45, 7) is 3.56. The molecular weight excluding hydrogens is 508 g/mol. The molecule has 0 bridgehead atoms. The smallest absolute Gasteiger partial charge is 0.317 e. The number of nitrogens with one attached hydrogen (secondary N) is 1. The highest BCUT2D eigenvalue weighted by molar-refractivity contribution is 7.91. The van der Waals surface area contributed by atoms with Gasteiger partial charge in [0.25, 0.3) is 10.0 Å². The molecule has 8 nitrogen and oxygen atoms in total. The summed E-state index contributed by atoms with van der Waals surface area (Å²) in [5, 5.41) is 5.65. The molecule has 0 radical (unpaired) electrons. The van der Waals surface area contributed by atoms with E-state index in [2.05, 4.69) is 10.3 Å². The molecule has 37 heavy (non-hydrogen) atoms. The van der Waals surface area contributed by atoms with E-state index < -0.39 is 14.8 Å². The molecule has 6 rings (SSSR count). The van der Waals surface area contributed by atoms with Crippen molar-refractivity contribution in [1.29, 1.82) is 0 Å². The van der Waals surface area contributed by atoms with Gasteiger partial charge < -0.3 is 15.0 Å². The average molecular weight is 539 g/mol. The molecule has 2 aliphatic carbocycles. The number of thiazole rings is 1. The van der Waals surface area contributed by atoms with Crippen molar-refractivity contribution in [3.8, 4) is 0 Å². The molecule has 3 aliphatic rings. The Kier molecular flexibility index (Phi) is 6.11. The molecule has 3 aromatic rings. The zero-order valence-corrected chi connectivity index (χ0v) is 22.4. The van der Waals surface area contributed by atoms with E-state index in [0.29, 0.717) is 29.3 Å². The van der Waals surface area contributed by atoms with Crippen LogP contribution in [0.3, 0.4) is 0 Å². The first-order valence-corrected chi connectivity index (χ1v) is 15.0. The van der Waals surface area contributed by atoms with Crippen LogP contribution in [0.1, 0.15) is 44.0 Å². The van der Waals surface area contributed by atoms with E-state index in [-0.39, 0.29) is 19.2 Å².